The highest BCUT2D eigenvalue weighted by Gasteiger charge is 2.28. The Bertz CT molecular complexity index is 675. The average molecular weight is 338 g/mol. The standard InChI is InChI=1S/C21H26N2O2/c1-16-14-19(12-13-23(16)15-17-8-4-2-5-9-17)22-21(25)20(24)18-10-6-3-7-11-18/h2-11,16,19-20,24H,12-15H2,1H3,(H,22,25)/t16-,19-,20-/m1/s1. The van der Waals surface area contributed by atoms with Crippen molar-refractivity contribution in [3.63, 3.8) is 0 Å². The minimum atomic E-state index is -1.10. The third-order valence-electron chi connectivity index (χ3n) is 4.95. The molecule has 1 aliphatic heterocycles. The van der Waals surface area contributed by atoms with Gasteiger partial charge in [-0.25, -0.2) is 0 Å². The zero-order valence-electron chi connectivity index (χ0n) is 14.6. The average Bonchev–Trinajstić information content (AvgIpc) is 2.65. The first-order valence-electron chi connectivity index (χ1n) is 8.95. The fourth-order valence-electron chi connectivity index (χ4n) is 3.47. The van der Waals surface area contributed by atoms with Gasteiger partial charge in [0, 0.05) is 25.2 Å². The summed E-state index contributed by atoms with van der Waals surface area (Å²) < 4.78 is 0. The minimum absolute atomic E-state index is 0.118. The van der Waals surface area contributed by atoms with Crippen LogP contribution in [0.4, 0.5) is 0 Å². The predicted octanol–water partition coefficient (Wildman–Crippen LogP) is 2.89. The number of likely N-dealkylation sites (tertiary alicyclic amines) is 1. The van der Waals surface area contributed by atoms with E-state index in [2.05, 4.69) is 41.4 Å². The van der Waals surface area contributed by atoms with Crippen LogP contribution in [0, 0.1) is 0 Å². The van der Waals surface area contributed by atoms with Gasteiger partial charge in [0.05, 0.1) is 0 Å². The molecule has 0 bridgehead atoms. The van der Waals surface area contributed by atoms with Gasteiger partial charge in [-0.3, -0.25) is 9.69 Å². The quantitative estimate of drug-likeness (QED) is 0.881. The second-order valence-corrected chi connectivity index (χ2v) is 6.85. The summed E-state index contributed by atoms with van der Waals surface area (Å²) in [6, 6.07) is 20.1. The van der Waals surface area contributed by atoms with Crippen molar-refractivity contribution in [2.45, 2.75) is 44.5 Å². The third kappa shape index (κ3) is 4.68. The number of carbonyl (C=O) groups is 1. The molecule has 0 radical (unpaired) electrons. The van der Waals surface area contributed by atoms with Crippen molar-refractivity contribution >= 4 is 5.91 Å². The van der Waals surface area contributed by atoms with E-state index in [1.54, 1.807) is 12.1 Å². The van der Waals surface area contributed by atoms with Gasteiger partial charge in [-0.05, 0) is 30.9 Å². The number of hydrogen-bond acceptors (Lipinski definition) is 3. The Morgan fingerprint density at radius 3 is 2.44 bits per heavy atom. The number of nitrogens with one attached hydrogen (secondary N) is 1. The Hall–Kier alpha value is -2.17. The number of aliphatic hydroxyl groups excluding tert-OH is 1. The molecule has 3 atom stereocenters. The van der Waals surface area contributed by atoms with Crippen molar-refractivity contribution in [3.8, 4) is 0 Å². The molecule has 2 aromatic rings. The highest BCUT2D eigenvalue weighted by Crippen LogP contribution is 2.21. The van der Waals surface area contributed by atoms with Gasteiger partial charge in [0.2, 0.25) is 0 Å². The number of carbonyl (C=O) groups excluding carboxylic acids is 1. The van der Waals surface area contributed by atoms with Crippen LogP contribution in [-0.4, -0.2) is 34.5 Å². The topological polar surface area (TPSA) is 52.6 Å². The summed E-state index contributed by atoms with van der Waals surface area (Å²) >= 11 is 0. The molecule has 0 aliphatic carbocycles. The first-order valence-corrected chi connectivity index (χ1v) is 8.95. The van der Waals surface area contributed by atoms with Crippen molar-refractivity contribution in [2.75, 3.05) is 6.54 Å². The van der Waals surface area contributed by atoms with Crippen LogP contribution in [0.5, 0.6) is 0 Å². The Balaban J connectivity index is 1.52. The van der Waals surface area contributed by atoms with E-state index >= 15 is 0 Å². The molecule has 0 aromatic heterocycles. The van der Waals surface area contributed by atoms with Crippen LogP contribution < -0.4 is 5.32 Å². The van der Waals surface area contributed by atoms with Gasteiger partial charge < -0.3 is 10.4 Å². The van der Waals surface area contributed by atoms with E-state index in [9.17, 15) is 9.90 Å². The monoisotopic (exact) mass is 338 g/mol. The van der Waals surface area contributed by atoms with Gasteiger partial charge in [-0.2, -0.15) is 0 Å². The highest BCUT2D eigenvalue weighted by molar-refractivity contribution is 5.82. The van der Waals surface area contributed by atoms with Gasteiger partial charge in [-0.1, -0.05) is 60.7 Å². The van der Waals surface area contributed by atoms with Crippen LogP contribution in [0.3, 0.4) is 0 Å². The molecule has 1 heterocycles. The Kier molecular flexibility index (Phi) is 5.84. The Morgan fingerprint density at radius 1 is 1.16 bits per heavy atom. The molecule has 0 saturated carbocycles. The van der Waals surface area contributed by atoms with E-state index in [0.717, 1.165) is 25.9 Å². The number of hydrogen-bond donors (Lipinski definition) is 2. The van der Waals surface area contributed by atoms with Crippen molar-refractivity contribution in [3.05, 3.63) is 71.8 Å². The Labute approximate surface area is 149 Å². The maximum atomic E-state index is 12.3. The van der Waals surface area contributed by atoms with Gasteiger partial charge in [0.15, 0.2) is 6.10 Å². The SMILES string of the molecule is C[C@@H]1C[C@H](NC(=O)[C@H](O)c2ccccc2)CCN1Cc1ccccc1. The lowest BCUT2D eigenvalue weighted by Gasteiger charge is -2.38. The summed E-state index contributed by atoms with van der Waals surface area (Å²) in [5.41, 5.74) is 1.95. The Morgan fingerprint density at radius 2 is 1.80 bits per heavy atom. The number of aliphatic hydroxyl groups is 1. The molecule has 0 spiro atoms. The predicted molar refractivity (Wildman–Crippen MR) is 98.9 cm³/mol. The molecule has 1 aliphatic rings. The van der Waals surface area contributed by atoms with E-state index < -0.39 is 6.10 Å². The molecule has 1 saturated heterocycles. The van der Waals surface area contributed by atoms with Crippen molar-refractivity contribution in [2.24, 2.45) is 0 Å². The van der Waals surface area contributed by atoms with Crippen LogP contribution >= 0.6 is 0 Å². The minimum Gasteiger partial charge on any atom is -0.378 e. The normalized spacial score (nSPS) is 22.3. The van der Waals surface area contributed by atoms with Crippen molar-refractivity contribution < 1.29 is 9.90 Å². The van der Waals surface area contributed by atoms with Crippen LogP contribution in [0.15, 0.2) is 60.7 Å². The van der Waals surface area contributed by atoms with Gasteiger partial charge >= 0.3 is 0 Å². The first-order chi connectivity index (χ1) is 12.1. The number of rotatable bonds is 5. The summed E-state index contributed by atoms with van der Waals surface area (Å²) in [5, 5.41) is 13.2. The van der Waals surface area contributed by atoms with Crippen LogP contribution in [0.2, 0.25) is 0 Å². The molecule has 1 amide bonds. The summed E-state index contributed by atoms with van der Waals surface area (Å²) in [5.74, 6) is -0.306. The number of amides is 1. The van der Waals surface area contributed by atoms with Crippen LogP contribution in [-0.2, 0) is 11.3 Å². The van der Waals surface area contributed by atoms with Gasteiger partial charge in [-0.15, -0.1) is 0 Å². The molecular weight excluding hydrogens is 312 g/mol. The first kappa shape index (κ1) is 17.6. The molecule has 25 heavy (non-hydrogen) atoms. The fraction of sp³-hybridized carbons (Fsp3) is 0.381. The van der Waals surface area contributed by atoms with Crippen LogP contribution in [0.1, 0.15) is 37.0 Å². The summed E-state index contributed by atoms with van der Waals surface area (Å²) in [6.45, 7) is 4.09. The van der Waals surface area contributed by atoms with Gasteiger partial charge in [0.1, 0.15) is 0 Å². The number of benzene rings is 2. The smallest absolute Gasteiger partial charge is 0.253 e. The van der Waals surface area contributed by atoms with Gasteiger partial charge in [0.25, 0.3) is 5.91 Å². The number of nitrogens with zero attached hydrogens (tertiary/aromatic N) is 1. The lowest BCUT2D eigenvalue weighted by Crippen LogP contribution is -2.49. The summed E-state index contributed by atoms with van der Waals surface area (Å²) in [6.07, 6.45) is 0.712. The molecule has 2 N–H and O–H groups in total. The van der Waals surface area contributed by atoms with Crippen molar-refractivity contribution in [1.82, 2.24) is 10.2 Å². The third-order valence-corrected chi connectivity index (χ3v) is 4.95. The van der Waals surface area contributed by atoms with E-state index in [1.807, 2.05) is 24.3 Å². The van der Waals surface area contributed by atoms with E-state index in [0.29, 0.717) is 11.6 Å². The molecule has 132 valence electrons. The zero-order valence-corrected chi connectivity index (χ0v) is 14.6. The second kappa shape index (κ2) is 8.28. The largest absolute Gasteiger partial charge is 0.378 e. The molecular formula is C21H26N2O2. The summed E-state index contributed by atoms with van der Waals surface area (Å²) in [7, 11) is 0. The maximum Gasteiger partial charge on any atom is 0.253 e. The molecule has 2 aromatic carbocycles. The van der Waals surface area contributed by atoms with E-state index in [1.165, 1.54) is 5.56 Å². The molecule has 4 nitrogen and oxygen atoms in total. The van der Waals surface area contributed by atoms with Crippen LogP contribution in [0.25, 0.3) is 0 Å². The second-order valence-electron chi connectivity index (χ2n) is 6.85. The highest BCUT2D eigenvalue weighted by atomic mass is 16.3. The van der Waals surface area contributed by atoms with E-state index in [4.69, 9.17) is 0 Å². The lowest BCUT2D eigenvalue weighted by molar-refractivity contribution is -0.130. The lowest BCUT2D eigenvalue weighted by atomic mass is 9.97. The maximum absolute atomic E-state index is 12.3. The molecule has 3 rings (SSSR count). The molecule has 0 unspecified atom stereocenters. The molecule has 4 heteroatoms. The molecule has 1 fully saturated rings. The zero-order chi connectivity index (χ0) is 17.6. The van der Waals surface area contributed by atoms with E-state index in [-0.39, 0.29) is 11.9 Å². The summed E-state index contributed by atoms with van der Waals surface area (Å²) in [4.78, 5) is 14.8. The van der Waals surface area contributed by atoms with Crippen molar-refractivity contribution in [1.29, 1.82) is 0 Å². The fourth-order valence-corrected chi connectivity index (χ4v) is 3.47. The number of piperidine rings is 1.